The van der Waals surface area contributed by atoms with Crippen LogP contribution in [0.1, 0.15) is 5.69 Å². The second-order valence-electron chi connectivity index (χ2n) is 4.37. The molecule has 1 aromatic heterocycles. The molecule has 0 saturated heterocycles. The number of hydrogen-bond acceptors (Lipinski definition) is 5. The van der Waals surface area contributed by atoms with Gasteiger partial charge in [0.2, 0.25) is 0 Å². The highest BCUT2D eigenvalue weighted by Crippen LogP contribution is 2.28. The Hall–Kier alpha value is -2.28. The van der Waals surface area contributed by atoms with Crippen LogP contribution < -0.4 is 20.2 Å². The van der Waals surface area contributed by atoms with Crippen molar-refractivity contribution in [1.82, 2.24) is 10.3 Å². The molecule has 20 heavy (non-hydrogen) atoms. The van der Waals surface area contributed by atoms with Crippen LogP contribution in [0.3, 0.4) is 0 Å². The van der Waals surface area contributed by atoms with Crippen LogP contribution in [0.2, 0.25) is 0 Å². The lowest BCUT2D eigenvalue weighted by molar-refractivity contribution is -0.127. The molecule has 0 radical (unpaired) electrons. The van der Waals surface area contributed by atoms with Crippen LogP contribution >= 0.6 is 11.3 Å². The zero-order chi connectivity index (χ0) is 13.9. The molecule has 0 bridgehead atoms. The van der Waals surface area contributed by atoms with Crippen LogP contribution in [0.4, 0.5) is 5.69 Å². The van der Waals surface area contributed by atoms with Gasteiger partial charge in [-0.1, -0.05) is 23.5 Å². The van der Waals surface area contributed by atoms with E-state index < -0.39 is 6.10 Å². The summed E-state index contributed by atoms with van der Waals surface area (Å²) in [6, 6.07) is 7.48. The average Bonchev–Trinajstić information content (AvgIpc) is 2.90. The van der Waals surface area contributed by atoms with Gasteiger partial charge in [-0.25, -0.2) is 0 Å². The SMILES string of the molecule is O=C(NCc1csc(=O)[nH]1)C1CNc2ccccc2O1. The van der Waals surface area contributed by atoms with E-state index in [4.69, 9.17) is 4.74 Å². The number of thiazole rings is 1. The van der Waals surface area contributed by atoms with Crippen LogP contribution in [0.25, 0.3) is 0 Å². The molecule has 1 amide bonds. The van der Waals surface area contributed by atoms with E-state index in [9.17, 15) is 9.59 Å². The lowest BCUT2D eigenvalue weighted by Gasteiger charge is -2.26. The van der Waals surface area contributed by atoms with Gasteiger partial charge < -0.3 is 20.4 Å². The van der Waals surface area contributed by atoms with Crippen molar-refractivity contribution in [2.24, 2.45) is 0 Å². The first-order valence-electron chi connectivity index (χ1n) is 6.16. The number of carbonyl (C=O) groups excluding carboxylic acids is 1. The summed E-state index contributed by atoms with van der Waals surface area (Å²) in [5.41, 5.74) is 1.58. The maximum atomic E-state index is 12.0. The summed E-state index contributed by atoms with van der Waals surface area (Å²) in [6.45, 7) is 0.710. The van der Waals surface area contributed by atoms with E-state index in [1.165, 1.54) is 0 Å². The monoisotopic (exact) mass is 291 g/mol. The zero-order valence-corrected chi connectivity index (χ0v) is 11.3. The van der Waals surface area contributed by atoms with Gasteiger partial charge in [0.05, 0.1) is 18.8 Å². The highest BCUT2D eigenvalue weighted by Gasteiger charge is 2.25. The van der Waals surface area contributed by atoms with Crippen molar-refractivity contribution in [2.75, 3.05) is 11.9 Å². The van der Waals surface area contributed by atoms with Crippen molar-refractivity contribution in [2.45, 2.75) is 12.6 Å². The number of carbonyl (C=O) groups is 1. The van der Waals surface area contributed by atoms with E-state index in [-0.39, 0.29) is 10.8 Å². The van der Waals surface area contributed by atoms with Crippen molar-refractivity contribution >= 4 is 22.9 Å². The van der Waals surface area contributed by atoms with E-state index in [1.807, 2.05) is 24.3 Å². The number of ether oxygens (including phenoxy) is 1. The van der Waals surface area contributed by atoms with E-state index >= 15 is 0 Å². The van der Waals surface area contributed by atoms with Crippen molar-refractivity contribution < 1.29 is 9.53 Å². The summed E-state index contributed by atoms with van der Waals surface area (Å²) in [5.74, 6) is 0.460. The van der Waals surface area contributed by atoms with Crippen molar-refractivity contribution in [1.29, 1.82) is 0 Å². The molecule has 1 aliphatic rings. The third-order valence-electron chi connectivity index (χ3n) is 2.95. The lowest BCUT2D eigenvalue weighted by Crippen LogP contribution is -2.44. The quantitative estimate of drug-likeness (QED) is 0.785. The Morgan fingerprint density at radius 1 is 1.45 bits per heavy atom. The number of H-pyrrole nitrogens is 1. The summed E-state index contributed by atoms with van der Waals surface area (Å²) < 4.78 is 5.64. The highest BCUT2D eigenvalue weighted by atomic mass is 32.1. The predicted molar refractivity (Wildman–Crippen MR) is 76.1 cm³/mol. The Balaban J connectivity index is 1.60. The topological polar surface area (TPSA) is 83.2 Å². The normalized spacial score (nSPS) is 16.7. The molecule has 0 saturated carbocycles. The van der Waals surface area contributed by atoms with Crippen molar-refractivity contribution in [3.63, 3.8) is 0 Å². The smallest absolute Gasteiger partial charge is 0.304 e. The fourth-order valence-electron chi connectivity index (χ4n) is 1.96. The van der Waals surface area contributed by atoms with Crippen molar-refractivity contribution in [3.05, 3.63) is 45.0 Å². The molecule has 0 aliphatic carbocycles. The summed E-state index contributed by atoms with van der Waals surface area (Å²) in [4.78, 5) is 25.5. The highest BCUT2D eigenvalue weighted by molar-refractivity contribution is 7.07. The van der Waals surface area contributed by atoms with Crippen LogP contribution in [0.15, 0.2) is 34.4 Å². The predicted octanol–water partition coefficient (Wildman–Crippen LogP) is 0.926. The molecule has 1 aromatic carbocycles. The van der Waals surface area contributed by atoms with E-state index in [2.05, 4.69) is 15.6 Å². The molecular formula is C13H13N3O3S. The number of nitrogens with one attached hydrogen (secondary N) is 3. The van der Waals surface area contributed by atoms with Gasteiger partial charge in [0, 0.05) is 11.1 Å². The molecule has 2 aromatic rings. The Labute approximate surface area is 118 Å². The maximum Gasteiger partial charge on any atom is 0.304 e. The molecule has 1 unspecified atom stereocenters. The summed E-state index contributed by atoms with van der Waals surface area (Å²) >= 11 is 1.08. The molecule has 1 atom stereocenters. The molecule has 6 nitrogen and oxygen atoms in total. The zero-order valence-electron chi connectivity index (χ0n) is 10.5. The van der Waals surface area contributed by atoms with Crippen molar-refractivity contribution in [3.8, 4) is 5.75 Å². The minimum Gasteiger partial charge on any atom is -0.477 e. The van der Waals surface area contributed by atoms with Crippen LogP contribution in [0, 0.1) is 0 Å². The molecular weight excluding hydrogens is 278 g/mol. The van der Waals surface area contributed by atoms with E-state index in [1.54, 1.807) is 5.38 Å². The number of anilines is 1. The standard InChI is InChI=1S/C13H13N3O3S/c17-12(15-5-8-7-20-13(18)16-8)11-6-14-9-3-1-2-4-10(9)19-11/h1-4,7,11,14H,5-6H2,(H,15,17)(H,16,18). The molecule has 104 valence electrons. The Kier molecular flexibility index (Phi) is 3.42. The Morgan fingerprint density at radius 3 is 3.10 bits per heavy atom. The Morgan fingerprint density at radius 2 is 2.30 bits per heavy atom. The van der Waals surface area contributed by atoms with Crippen LogP contribution in [0.5, 0.6) is 5.75 Å². The Bertz CT molecular complexity index is 679. The minimum atomic E-state index is -0.574. The molecule has 0 spiro atoms. The number of aromatic amines is 1. The summed E-state index contributed by atoms with van der Waals surface area (Å²) in [6.07, 6.45) is -0.574. The number of aromatic nitrogens is 1. The lowest BCUT2D eigenvalue weighted by atomic mass is 10.2. The van der Waals surface area contributed by atoms with Gasteiger partial charge in [-0.2, -0.15) is 0 Å². The largest absolute Gasteiger partial charge is 0.477 e. The van der Waals surface area contributed by atoms with Gasteiger partial charge >= 0.3 is 4.87 Å². The second kappa shape index (κ2) is 5.38. The fraction of sp³-hybridized carbons (Fsp3) is 0.231. The third-order valence-corrected chi connectivity index (χ3v) is 3.67. The first-order valence-corrected chi connectivity index (χ1v) is 7.04. The van der Waals surface area contributed by atoms with Gasteiger partial charge in [0.25, 0.3) is 5.91 Å². The number of hydrogen-bond donors (Lipinski definition) is 3. The minimum absolute atomic E-state index is 0.126. The van der Waals surface area contributed by atoms with Crippen LogP contribution in [-0.2, 0) is 11.3 Å². The van der Waals surface area contributed by atoms with Gasteiger partial charge in [-0.3, -0.25) is 9.59 Å². The number of benzene rings is 1. The number of para-hydroxylation sites is 2. The summed E-state index contributed by atoms with van der Waals surface area (Å²) in [5, 5.41) is 7.59. The number of rotatable bonds is 3. The molecule has 7 heteroatoms. The van der Waals surface area contributed by atoms with E-state index in [0.29, 0.717) is 24.5 Å². The second-order valence-corrected chi connectivity index (χ2v) is 5.22. The third kappa shape index (κ3) is 2.67. The van der Waals surface area contributed by atoms with E-state index in [0.717, 1.165) is 17.0 Å². The molecule has 3 rings (SSSR count). The van der Waals surface area contributed by atoms with Gasteiger partial charge in [-0.15, -0.1) is 0 Å². The first kappa shape index (κ1) is 12.7. The number of fused-ring (bicyclic) bond motifs is 1. The van der Waals surface area contributed by atoms with Gasteiger partial charge in [-0.05, 0) is 12.1 Å². The van der Waals surface area contributed by atoms with Gasteiger partial charge in [0.1, 0.15) is 5.75 Å². The molecule has 0 fully saturated rings. The average molecular weight is 291 g/mol. The first-order chi connectivity index (χ1) is 9.72. The maximum absolute atomic E-state index is 12.0. The van der Waals surface area contributed by atoms with Crippen LogP contribution in [-0.4, -0.2) is 23.5 Å². The summed E-state index contributed by atoms with van der Waals surface area (Å²) in [7, 11) is 0. The number of amides is 1. The molecule has 2 heterocycles. The fourth-order valence-corrected chi connectivity index (χ4v) is 2.54. The van der Waals surface area contributed by atoms with Gasteiger partial charge in [0.15, 0.2) is 6.10 Å². The molecule has 1 aliphatic heterocycles. The molecule has 3 N–H and O–H groups in total.